The highest BCUT2D eigenvalue weighted by Gasteiger charge is 2.26. The highest BCUT2D eigenvalue weighted by atomic mass is 32.1. The maximum absolute atomic E-state index is 12.3. The van der Waals surface area contributed by atoms with Gasteiger partial charge in [0.1, 0.15) is 0 Å². The van der Waals surface area contributed by atoms with Crippen LogP contribution in [0.5, 0.6) is 0 Å². The van der Waals surface area contributed by atoms with Gasteiger partial charge in [-0.05, 0) is 43.9 Å². The van der Waals surface area contributed by atoms with Crippen LogP contribution in [0.15, 0.2) is 18.2 Å². The number of primary amides is 1. The molecule has 0 spiro atoms. The quantitative estimate of drug-likeness (QED) is 0.815. The van der Waals surface area contributed by atoms with Crippen LogP contribution in [0, 0.1) is 19.8 Å². The van der Waals surface area contributed by atoms with Crippen LogP contribution in [0.2, 0.25) is 0 Å². The molecule has 22 heavy (non-hydrogen) atoms. The minimum atomic E-state index is -0.277. The number of anilines is 1. The number of carbonyl (C=O) groups is 2. The summed E-state index contributed by atoms with van der Waals surface area (Å²) >= 11 is 5.27. The Bertz CT molecular complexity index is 607. The predicted octanol–water partition coefficient (Wildman–Crippen LogP) is 1.77. The predicted molar refractivity (Wildman–Crippen MR) is 90.6 cm³/mol. The summed E-state index contributed by atoms with van der Waals surface area (Å²) in [7, 11) is 0. The fourth-order valence-electron chi connectivity index (χ4n) is 2.57. The van der Waals surface area contributed by atoms with Crippen LogP contribution in [0.1, 0.15) is 24.0 Å². The van der Waals surface area contributed by atoms with Crippen LogP contribution in [-0.2, 0) is 9.59 Å². The summed E-state index contributed by atoms with van der Waals surface area (Å²) in [5.74, 6) is -0.659. The number of likely N-dealkylation sites (tertiary alicyclic amines) is 1. The highest BCUT2D eigenvalue weighted by molar-refractivity contribution is 7.82. The van der Waals surface area contributed by atoms with Gasteiger partial charge in [-0.15, -0.1) is 0 Å². The van der Waals surface area contributed by atoms with Gasteiger partial charge in [-0.1, -0.05) is 24.4 Å². The van der Waals surface area contributed by atoms with Crippen LogP contribution in [0.25, 0.3) is 0 Å². The van der Waals surface area contributed by atoms with Crippen molar-refractivity contribution in [1.29, 1.82) is 0 Å². The number of hydrogen-bond donors (Lipinski definition) is 2. The van der Waals surface area contributed by atoms with Crippen molar-refractivity contribution >= 4 is 34.7 Å². The van der Waals surface area contributed by atoms with Crippen LogP contribution < -0.4 is 11.1 Å². The average Bonchev–Trinajstić information content (AvgIpc) is 2.51. The van der Waals surface area contributed by atoms with Gasteiger partial charge in [-0.2, -0.15) is 0 Å². The third-order valence-corrected chi connectivity index (χ3v) is 4.68. The number of nitrogens with one attached hydrogen (secondary N) is 1. The van der Waals surface area contributed by atoms with E-state index in [9.17, 15) is 9.59 Å². The van der Waals surface area contributed by atoms with E-state index in [2.05, 4.69) is 5.32 Å². The van der Waals surface area contributed by atoms with Crippen LogP contribution >= 0.6 is 12.2 Å². The van der Waals surface area contributed by atoms with Gasteiger partial charge in [0.2, 0.25) is 5.91 Å². The van der Waals surface area contributed by atoms with Gasteiger partial charge in [0.05, 0.1) is 0 Å². The van der Waals surface area contributed by atoms with E-state index in [1.54, 1.807) is 0 Å². The van der Waals surface area contributed by atoms with Crippen molar-refractivity contribution in [3.63, 3.8) is 0 Å². The SMILES string of the molecule is Cc1cccc(NC(=O)C(=S)N2CCC(C(N)=O)CC2)c1C. The molecule has 0 unspecified atom stereocenters. The van der Waals surface area contributed by atoms with Gasteiger partial charge >= 0.3 is 0 Å². The smallest absolute Gasteiger partial charge is 0.283 e. The lowest BCUT2D eigenvalue weighted by Crippen LogP contribution is -2.45. The zero-order valence-corrected chi connectivity index (χ0v) is 13.7. The molecule has 1 aromatic rings. The molecule has 0 aromatic heterocycles. The lowest BCUT2D eigenvalue weighted by atomic mass is 9.96. The van der Waals surface area contributed by atoms with E-state index in [0.717, 1.165) is 16.8 Å². The Morgan fingerprint density at radius 1 is 1.27 bits per heavy atom. The van der Waals surface area contributed by atoms with Crippen molar-refractivity contribution in [2.24, 2.45) is 11.7 Å². The summed E-state index contributed by atoms with van der Waals surface area (Å²) in [6.45, 7) is 5.14. The Morgan fingerprint density at radius 2 is 1.91 bits per heavy atom. The third-order valence-electron chi connectivity index (χ3n) is 4.23. The fraction of sp³-hybridized carbons (Fsp3) is 0.438. The Balaban J connectivity index is 1.97. The van der Waals surface area contributed by atoms with E-state index in [0.29, 0.717) is 25.9 Å². The molecule has 1 aromatic carbocycles. The molecule has 1 saturated heterocycles. The molecule has 118 valence electrons. The molecule has 1 aliphatic heterocycles. The van der Waals surface area contributed by atoms with E-state index in [-0.39, 0.29) is 22.7 Å². The Labute approximate surface area is 135 Å². The summed E-state index contributed by atoms with van der Waals surface area (Å²) in [6.07, 6.45) is 1.29. The van der Waals surface area contributed by atoms with Gasteiger partial charge in [0.15, 0.2) is 4.99 Å². The molecule has 0 saturated carbocycles. The summed E-state index contributed by atoms with van der Waals surface area (Å²) in [5.41, 5.74) is 8.24. The Morgan fingerprint density at radius 3 is 2.50 bits per heavy atom. The second-order valence-corrected chi connectivity index (χ2v) is 6.06. The minimum Gasteiger partial charge on any atom is -0.369 e. The van der Waals surface area contributed by atoms with Crippen molar-refractivity contribution < 1.29 is 9.59 Å². The maximum atomic E-state index is 12.3. The van der Waals surface area contributed by atoms with E-state index < -0.39 is 0 Å². The number of aryl methyl sites for hydroxylation is 1. The molecular weight excluding hydrogens is 298 g/mol. The van der Waals surface area contributed by atoms with Crippen molar-refractivity contribution in [2.45, 2.75) is 26.7 Å². The number of nitrogens with zero attached hydrogens (tertiary/aromatic N) is 1. The molecule has 2 amide bonds. The van der Waals surface area contributed by atoms with E-state index in [1.807, 2.05) is 36.9 Å². The molecule has 2 rings (SSSR count). The van der Waals surface area contributed by atoms with Gasteiger partial charge < -0.3 is 16.0 Å². The molecule has 1 heterocycles. The number of carbonyl (C=O) groups excluding carboxylic acids is 2. The van der Waals surface area contributed by atoms with Crippen molar-refractivity contribution in [2.75, 3.05) is 18.4 Å². The number of nitrogens with two attached hydrogens (primary N) is 1. The van der Waals surface area contributed by atoms with Crippen molar-refractivity contribution in [3.05, 3.63) is 29.3 Å². The fourth-order valence-corrected chi connectivity index (χ4v) is 2.81. The second-order valence-electron chi connectivity index (χ2n) is 5.67. The normalized spacial score (nSPS) is 15.5. The number of benzene rings is 1. The van der Waals surface area contributed by atoms with E-state index in [1.165, 1.54) is 0 Å². The molecule has 1 aliphatic rings. The van der Waals surface area contributed by atoms with Gasteiger partial charge in [0.25, 0.3) is 5.91 Å². The first-order valence-corrected chi connectivity index (χ1v) is 7.76. The van der Waals surface area contributed by atoms with Crippen LogP contribution in [0.4, 0.5) is 5.69 Å². The number of hydrogen-bond acceptors (Lipinski definition) is 3. The summed E-state index contributed by atoms with van der Waals surface area (Å²) in [6, 6.07) is 5.76. The number of piperidine rings is 1. The topological polar surface area (TPSA) is 75.4 Å². The molecule has 3 N–H and O–H groups in total. The summed E-state index contributed by atoms with van der Waals surface area (Å²) in [4.78, 5) is 25.6. The van der Waals surface area contributed by atoms with E-state index in [4.69, 9.17) is 18.0 Å². The monoisotopic (exact) mass is 319 g/mol. The lowest BCUT2D eigenvalue weighted by molar-refractivity contribution is -0.122. The highest BCUT2D eigenvalue weighted by Crippen LogP contribution is 2.20. The first-order chi connectivity index (χ1) is 10.4. The Hall–Kier alpha value is -1.95. The second kappa shape index (κ2) is 6.87. The molecule has 5 nitrogen and oxygen atoms in total. The molecule has 0 aliphatic carbocycles. The maximum Gasteiger partial charge on any atom is 0.283 e. The van der Waals surface area contributed by atoms with Gasteiger partial charge in [-0.25, -0.2) is 0 Å². The molecule has 1 fully saturated rings. The molecular formula is C16H21N3O2S. The minimum absolute atomic E-state index is 0.110. The van der Waals surface area contributed by atoms with E-state index >= 15 is 0 Å². The largest absolute Gasteiger partial charge is 0.369 e. The van der Waals surface area contributed by atoms with Crippen molar-refractivity contribution in [1.82, 2.24) is 4.90 Å². The first-order valence-electron chi connectivity index (χ1n) is 7.36. The van der Waals surface area contributed by atoms with Gasteiger partial charge in [-0.3, -0.25) is 9.59 Å². The van der Waals surface area contributed by atoms with Crippen LogP contribution in [0.3, 0.4) is 0 Å². The van der Waals surface area contributed by atoms with Crippen molar-refractivity contribution in [3.8, 4) is 0 Å². The van der Waals surface area contributed by atoms with Crippen LogP contribution in [-0.4, -0.2) is 34.8 Å². The zero-order chi connectivity index (χ0) is 16.3. The summed E-state index contributed by atoms with van der Waals surface area (Å²) in [5, 5.41) is 2.87. The Kier molecular flexibility index (Phi) is 5.13. The molecule has 0 radical (unpaired) electrons. The molecule has 6 heteroatoms. The first kappa shape index (κ1) is 16.4. The third kappa shape index (κ3) is 3.62. The standard InChI is InChI=1S/C16H21N3O2S/c1-10-4-3-5-13(11(10)2)18-15(21)16(22)19-8-6-12(7-9-19)14(17)20/h3-5,12H,6-9H2,1-2H3,(H2,17,20)(H,18,21). The zero-order valence-electron chi connectivity index (χ0n) is 12.9. The lowest BCUT2D eigenvalue weighted by Gasteiger charge is -2.31. The number of rotatable bonds is 2. The summed E-state index contributed by atoms with van der Waals surface area (Å²) < 4.78 is 0. The molecule has 0 bridgehead atoms. The number of thiocarbonyl (C=S) groups is 1. The molecule has 0 atom stereocenters. The average molecular weight is 319 g/mol. The number of amides is 2. The van der Waals surface area contributed by atoms with Gasteiger partial charge in [0, 0.05) is 24.7 Å².